The maximum absolute atomic E-state index is 12.8. The summed E-state index contributed by atoms with van der Waals surface area (Å²) in [5, 5.41) is 26.6. The zero-order valence-electron chi connectivity index (χ0n) is 29.9. The number of benzene rings is 2. The number of nitrogens with two attached hydrogens (primary N) is 4. The highest BCUT2D eigenvalue weighted by Gasteiger charge is 2.28. The van der Waals surface area contributed by atoms with Gasteiger partial charge in [0.2, 0.25) is 5.91 Å². The zero-order valence-corrected chi connectivity index (χ0v) is 33.9. The van der Waals surface area contributed by atoms with Gasteiger partial charge in [-0.05, 0) is 48.6 Å². The molecule has 0 aliphatic carbocycles. The molecule has 0 unspecified atom stereocenters. The average molecular weight is 848 g/mol. The maximum atomic E-state index is 12.8. The molecule has 0 spiro atoms. The smallest absolute Gasteiger partial charge is 0.329 e. The third-order valence-electron chi connectivity index (χ3n) is 7.68. The van der Waals surface area contributed by atoms with Crippen LogP contribution in [0.25, 0.3) is 21.7 Å². The summed E-state index contributed by atoms with van der Waals surface area (Å²) in [5.74, 6) is -0.506. The van der Waals surface area contributed by atoms with Crippen molar-refractivity contribution in [3.05, 3.63) is 75.8 Å². The van der Waals surface area contributed by atoms with Gasteiger partial charge in [-0.25, -0.2) is 14.8 Å². The second-order valence-corrected chi connectivity index (χ2v) is 14.2. The van der Waals surface area contributed by atoms with E-state index in [1.165, 1.54) is 23.1 Å². The van der Waals surface area contributed by atoms with Crippen LogP contribution in [0, 0.1) is 28.6 Å². The summed E-state index contributed by atoms with van der Waals surface area (Å²) in [6, 6.07) is 16.7. The van der Waals surface area contributed by atoms with E-state index in [4.69, 9.17) is 49.0 Å². The second kappa shape index (κ2) is 22.5. The van der Waals surface area contributed by atoms with Crippen molar-refractivity contribution in [3.8, 4) is 39.6 Å². The third-order valence-corrected chi connectivity index (χ3v) is 9.88. The van der Waals surface area contributed by atoms with Gasteiger partial charge >= 0.3 is 5.97 Å². The first-order chi connectivity index (χ1) is 25.4. The van der Waals surface area contributed by atoms with Crippen molar-refractivity contribution in [2.45, 2.75) is 49.6 Å². The molecule has 0 aliphatic rings. The molecule has 2 heterocycles. The first-order valence-electron chi connectivity index (χ1n) is 16.4. The number of carbonyl (C=O) groups is 2. The van der Waals surface area contributed by atoms with E-state index in [0.717, 1.165) is 16.3 Å². The molecule has 1 amide bonds. The Morgan fingerprint density at radius 2 is 1.65 bits per heavy atom. The molecule has 292 valence electrons. The number of thiazole rings is 1. The summed E-state index contributed by atoms with van der Waals surface area (Å²) in [5.41, 5.74) is 25.8. The topological polar surface area (TPSA) is 254 Å². The van der Waals surface area contributed by atoms with Crippen LogP contribution in [0.4, 0.5) is 5.82 Å². The fraction of sp³-hybridized carbons (Fsp3) is 0.306. The summed E-state index contributed by atoms with van der Waals surface area (Å²) in [6.45, 7) is 3.84. The highest BCUT2D eigenvalue weighted by molar-refractivity contribution is 7.98. The van der Waals surface area contributed by atoms with Gasteiger partial charge in [0.1, 0.15) is 58.6 Å². The minimum absolute atomic E-state index is 0. The highest BCUT2D eigenvalue weighted by atomic mass is 35.5. The Morgan fingerprint density at radius 3 is 2.27 bits per heavy atom. The van der Waals surface area contributed by atoms with Gasteiger partial charge in [0, 0.05) is 33.8 Å². The number of nitrogens with one attached hydrogen (secondary N) is 1. The predicted octanol–water partition coefficient (Wildman–Crippen LogP) is 5.43. The number of aliphatic imine (C=N–C) groups is 1. The summed E-state index contributed by atoms with van der Waals surface area (Å²) in [6.07, 6.45) is 0.832. The molecular weight excluding hydrogens is 807 g/mol. The maximum Gasteiger partial charge on any atom is 0.329 e. The van der Waals surface area contributed by atoms with Crippen molar-refractivity contribution < 1.29 is 19.1 Å². The summed E-state index contributed by atoms with van der Waals surface area (Å²) < 4.78 is 11.2. The van der Waals surface area contributed by atoms with E-state index in [2.05, 4.69) is 27.4 Å². The van der Waals surface area contributed by atoms with Gasteiger partial charge in [-0.3, -0.25) is 9.79 Å². The number of hydrogen-bond acceptors (Lipinski definition) is 13. The largest absolute Gasteiger partial charge is 0.490 e. The second-order valence-electron chi connectivity index (χ2n) is 11.9. The number of aromatic nitrogens is 2. The molecule has 9 N–H and O–H groups in total. The number of anilines is 1. The predicted molar refractivity (Wildman–Crippen MR) is 221 cm³/mol. The lowest BCUT2D eigenvalue weighted by Gasteiger charge is -2.22. The Kier molecular flexibility index (Phi) is 19.0. The lowest BCUT2D eigenvalue weighted by atomic mass is 9.97. The molecule has 0 saturated carbocycles. The fourth-order valence-corrected chi connectivity index (χ4v) is 6.89. The van der Waals surface area contributed by atoms with Crippen LogP contribution in [0.15, 0.2) is 63.9 Å². The van der Waals surface area contributed by atoms with E-state index < -0.39 is 24.0 Å². The number of halogens is 3. The quantitative estimate of drug-likeness (QED) is 0.0293. The number of carbonyl (C=O) groups excluding carboxylic acids is 2. The van der Waals surface area contributed by atoms with E-state index in [-0.39, 0.29) is 66.9 Å². The van der Waals surface area contributed by atoms with Crippen LogP contribution < -0.4 is 33.0 Å². The molecule has 55 heavy (non-hydrogen) atoms. The molecule has 19 heteroatoms. The molecule has 0 radical (unpaired) electrons. The van der Waals surface area contributed by atoms with E-state index in [0.29, 0.717) is 52.1 Å². The van der Waals surface area contributed by atoms with E-state index in [1.54, 1.807) is 50.2 Å². The minimum Gasteiger partial charge on any atom is -0.490 e. The number of ether oxygens (including phenoxy) is 2. The average Bonchev–Trinajstić information content (AvgIpc) is 3.62. The summed E-state index contributed by atoms with van der Waals surface area (Å²) >= 11 is 8.81. The van der Waals surface area contributed by atoms with Gasteiger partial charge in [-0.1, -0.05) is 61.5 Å². The first-order valence-corrected chi connectivity index (χ1v) is 18.6. The number of guanidine groups is 1. The van der Waals surface area contributed by atoms with Crippen molar-refractivity contribution in [2.75, 3.05) is 25.5 Å². The van der Waals surface area contributed by atoms with E-state index in [1.807, 2.05) is 17.5 Å². The molecule has 4 rings (SSSR count). The molecule has 2 aromatic heterocycles. The summed E-state index contributed by atoms with van der Waals surface area (Å²) in [4.78, 5) is 38.4. The monoisotopic (exact) mass is 846 g/mol. The molecular formula is C36H41Cl3N10O4S2. The van der Waals surface area contributed by atoms with Crippen molar-refractivity contribution in [1.82, 2.24) is 15.3 Å². The standard InChI is InChI=1S/C36H39ClN10O4S2.2ClH/c1-20(2)30(46-32(48)28(40)4-3-13-44-36(42)43)35(49)51-15-14-50-25-11-7-21(8-12-25)29-26(16-38)31(41)47-34(27(29)17-39)53-19-24-18-52-33(45-24)22-5-9-23(37)10-6-22;;/h5-12,18,20,28,30H,3-4,13-15,19,40H2,1-2H3,(H2,41,47)(H,46,48)(H4,42,43,44);2*1H/t28-,30-;;/m0../s1. The number of nitriles is 2. The van der Waals surface area contributed by atoms with Crippen LogP contribution in [0.3, 0.4) is 0 Å². The fourth-order valence-electron chi connectivity index (χ4n) is 4.95. The zero-order chi connectivity index (χ0) is 38.5. The molecule has 4 aromatic rings. The van der Waals surface area contributed by atoms with Crippen LogP contribution in [0.2, 0.25) is 5.02 Å². The number of hydrogen-bond donors (Lipinski definition) is 5. The van der Waals surface area contributed by atoms with Crippen LogP contribution in [-0.2, 0) is 20.1 Å². The molecule has 0 aliphatic heterocycles. The molecule has 0 bridgehead atoms. The van der Waals surface area contributed by atoms with E-state index >= 15 is 0 Å². The van der Waals surface area contributed by atoms with Gasteiger partial charge in [-0.2, -0.15) is 10.5 Å². The number of esters is 1. The molecule has 2 aromatic carbocycles. The normalized spacial score (nSPS) is 11.5. The van der Waals surface area contributed by atoms with Gasteiger partial charge in [0.25, 0.3) is 0 Å². The van der Waals surface area contributed by atoms with Crippen LogP contribution in [-0.4, -0.2) is 59.6 Å². The Morgan fingerprint density at radius 1 is 1.00 bits per heavy atom. The Labute approximate surface area is 344 Å². The number of nitrogens with zero attached hydrogens (tertiary/aromatic N) is 5. The van der Waals surface area contributed by atoms with E-state index in [9.17, 15) is 20.1 Å². The highest BCUT2D eigenvalue weighted by Crippen LogP contribution is 2.37. The molecule has 2 atom stereocenters. The van der Waals surface area contributed by atoms with Crippen molar-refractivity contribution in [1.29, 1.82) is 10.5 Å². The van der Waals surface area contributed by atoms with Gasteiger partial charge in [-0.15, -0.1) is 36.2 Å². The van der Waals surface area contributed by atoms with Gasteiger partial charge in [0.05, 0.1) is 17.3 Å². The SMILES string of the molecule is CC(C)[C@H](NC(=O)[C@@H](N)CCCN=C(N)N)C(=O)OCCOc1ccc(-c2c(C#N)c(N)nc(SCc3csc(-c4ccc(Cl)cc4)n3)c2C#N)cc1.Cl.Cl. The number of pyridine rings is 1. The Hall–Kier alpha value is -4.81. The van der Waals surface area contributed by atoms with Crippen molar-refractivity contribution in [2.24, 2.45) is 28.1 Å². The third kappa shape index (κ3) is 13.2. The van der Waals surface area contributed by atoms with Crippen molar-refractivity contribution >= 4 is 83.2 Å². The van der Waals surface area contributed by atoms with Crippen LogP contribution in [0.1, 0.15) is 43.5 Å². The van der Waals surface area contributed by atoms with Gasteiger partial charge in [0.15, 0.2) is 5.96 Å². The molecule has 0 fully saturated rings. The lowest BCUT2D eigenvalue weighted by molar-refractivity contribution is -0.150. The first kappa shape index (κ1) is 46.3. The van der Waals surface area contributed by atoms with Gasteiger partial charge < -0.3 is 37.7 Å². The van der Waals surface area contributed by atoms with Crippen molar-refractivity contribution in [3.63, 3.8) is 0 Å². The van der Waals surface area contributed by atoms with Crippen LogP contribution in [0.5, 0.6) is 5.75 Å². The molecule has 14 nitrogen and oxygen atoms in total. The number of rotatable bonds is 17. The summed E-state index contributed by atoms with van der Waals surface area (Å²) in [7, 11) is 0. The minimum atomic E-state index is -0.904. The number of nitrogen functional groups attached to an aromatic ring is 1. The lowest BCUT2D eigenvalue weighted by Crippen LogP contribution is -2.51. The Bertz CT molecular complexity index is 2010. The number of thioether (sulfide) groups is 1. The molecule has 0 saturated heterocycles. The Balaban J connectivity index is 0.00000523. The number of amides is 1. The van der Waals surface area contributed by atoms with Crippen LogP contribution >= 0.6 is 59.5 Å².